The van der Waals surface area contributed by atoms with Crippen molar-refractivity contribution in [3.63, 3.8) is 0 Å². The van der Waals surface area contributed by atoms with E-state index in [9.17, 15) is 9.59 Å². The molecule has 0 aromatic heterocycles. The number of carbonyl (C=O) groups is 2. The lowest BCUT2D eigenvalue weighted by molar-refractivity contribution is -0.125. The molecular formula is C20H21ClN2O3. The third kappa shape index (κ3) is 4.62. The summed E-state index contributed by atoms with van der Waals surface area (Å²) in [6, 6.07) is 14.8. The quantitative estimate of drug-likeness (QED) is 0.873. The summed E-state index contributed by atoms with van der Waals surface area (Å²) in [5.74, 6) is -0.267. The number of morpholine rings is 1. The molecule has 1 fully saturated rings. The molecule has 2 amide bonds. The van der Waals surface area contributed by atoms with Gasteiger partial charge in [-0.15, -0.1) is 0 Å². The topological polar surface area (TPSA) is 58.6 Å². The maximum absolute atomic E-state index is 12.4. The van der Waals surface area contributed by atoms with Crippen molar-refractivity contribution in [2.45, 2.75) is 13.3 Å². The number of halogens is 1. The summed E-state index contributed by atoms with van der Waals surface area (Å²) >= 11 is 5.89. The fourth-order valence-electron chi connectivity index (χ4n) is 2.85. The zero-order chi connectivity index (χ0) is 18.5. The molecule has 136 valence electrons. The van der Waals surface area contributed by atoms with Crippen LogP contribution in [0.15, 0.2) is 48.5 Å². The minimum absolute atomic E-state index is 0.0462. The number of amides is 2. The highest BCUT2D eigenvalue weighted by atomic mass is 35.5. The van der Waals surface area contributed by atoms with E-state index < -0.39 is 0 Å². The lowest BCUT2D eigenvalue weighted by Crippen LogP contribution is -2.41. The lowest BCUT2D eigenvalue weighted by atomic mass is 10.0. The molecule has 1 atom stereocenters. The van der Waals surface area contributed by atoms with E-state index in [4.69, 9.17) is 16.3 Å². The number of hydrogen-bond donors (Lipinski definition) is 1. The van der Waals surface area contributed by atoms with Crippen LogP contribution in [0.3, 0.4) is 0 Å². The van der Waals surface area contributed by atoms with Gasteiger partial charge in [0.25, 0.3) is 5.91 Å². The molecule has 0 bridgehead atoms. The van der Waals surface area contributed by atoms with E-state index in [0.717, 1.165) is 11.3 Å². The summed E-state index contributed by atoms with van der Waals surface area (Å²) in [5, 5.41) is 3.61. The highest BCUT2D eigenvalue weighted by molar-refractivity contribution is 6.30. The molecule has 1 heterocycles. The minimum Gasteiger partial charge on any atom is -0.370 e. The number of nitrogens with one attached hydrogen (secondary N) is 1. The number of ether oxygens (including phenoxy) is 1. The Kier molecular flexibility index (Phi) is 5.91. The Labute approximate surface area is 157 Å². The first-order chi connectivity index (χ1) is 12.5. The molecule has 5 nitrogen and oxygen atoms in total. The number of rotatable bonds is 5. The highest BCUT2D eigenvalue weighted by Gasteiger charge is 2.20. The molecule has 1 unspecified atom stereocenters. The number of benzene rings is 2. The molecular weight excluding hydrogens is 352 g/mol. The summed E-state index contributed by atoms with van der Waals surface area (Å²) in [6.45, 7) is 3.08. The first-order valence-corrected chi connectivity index (χ1v) is 8.94. The zero-order valence-electron chi connectivity index (χ0n) is 14.6. The average molecular weight is 373 g/mol. The minimum atomic E-state index is -0.170. The Hall–Kier alpha value is -2.37. The third-order valence-electron chi connectivity index (χ3n) is 4.34. The van der Waals surface area contributed by atoms with Gasteiger partial charge in [0.05, 0.1) is 6.61 Å². The van der Waals surface area contributed by atoms with E-state index in [-0.39, 0.29) is 24.3 Å². The molecule has 1 aliphatic rings. The normalized spacial score (nSPS) is 15.6. The van der Waals surface area contributed by atoms with Crippen LogP contribution in [0.5, 0.6) is 0 Å². The fraction of sp³-hybridized carbons (Fsp3) is 0.300. The molecule has 1 N–H and O–H groups in total. The Morgan fingerprint density at radius 2 is 1.88 bits per heavy atom. The van der Waals surface area contributed by atoms with Gasteiger partial charge in [-0.3, -0.25) is 9.59 Å². The number of nitrogens with zero attached hydrogens (tertiary/aromatic N) is 1. The second-order valence-corrected chi connectivity index (χ2v) is 6.80. The van der Waals surface area contributed by atoms with Crippen LogP contribution in [0.4, 0.5) is 11.4 Å². The van der Waals surface area contributed by atoms with Gasteiger partial charge in [0.2, 0.25) is 5.91 Å². The van der Waals surface area contributed by atoms with Crippen LogP contribution in [-0.4, -0.2) is 31.6 Å². The van der Waals surface area contributed by atoms with Gasteiger partial charge in [-0.05, 0) is 48.4 Å². The van der Waals surface area contributed by atoms with Gasteiger partial charge in [-0.1, -0.05) is 30.7 Å². The second-order valence-electron chi connectivity index (χ2n) is 6.37. The van der Waals surface area contributed by atoms with Gasteiger partial charge in [0.1, 0.15) is 6.61 Å². The van der Waals surface area contributed by atoms with Gasteiger partial charge in [0.15, 0.2) is 0 Å². The van der Waals surface area contributed by atoms with Crippen LogP contribution in [0.25, 0.3) is 0 Å². The van der Waals surface area contributed by atoms with Crippen LogP contribution in [0, 0.1) is 5.92 Å². The van der Waals surface area contributed by atoms with E-state index in [1.165, 1.54) is 0 Å². The lowest BCUT2D eigenvalue weighted by Gasteiger charge is -2.27. The molecule has 1 aliphatic heterocycles. The highest BCUT2D eigenvalue weighted by Crippen LogP contribution is 2.21. The Morgan fingerprint density at radius 1 is 1.19 bits per heavy atom. The number of anilines is 2. The average Bonchev–Trinajstić information content (AvgIpc) is 2.65. The third-order valence-corrected chi connectivity index (χ3v) is 4.59. The summed E-state index contributed by atoms with van der Waals surface area (Å²) in [6.07, 6.45) is 0.642. The van der Waals surface area contributed by atoms with Gasteiger partial charge in [-0.25, -0.2) is 0 Å². The molecule has 1 saturated heterocycles. The first-order valence-electron chi connectivity index (χ1n) is 8.56. The van der Waals surface area contributed by atoms with Gasteiger partial charge >= 0.3 is 0 Å². The molecule has 2 aromatic rings. The van der Waals surface area contributed by atoms with Crippen molar-refractivity contribution in [2.24, 2.45) is 5.92 Å². The SMILES string of the molecule is CC(Cc1ccc(Cl)cc1)C(=O)Nc1ccc(N2CCOCC2=O)cc1. The van der Waals surface area contributed by atoms with Crippen LogP contribution in [-0.2, 0) is 20.7 Å². The standard InChI is InChI=1S/C20H21ClN2O3/c1-14(12-15-2-4-16(21)5-3-15)20(25)22-17-6-8-18(9-7-17)23-10-11-26-13-19(23)24/h2-9,14H,10-13H2,1H3,(H,22,25). The van der Waals surface area contributed by atoms with Gasteiger partial charge in [-0.2, -0.15) is 0 Å². The van der Waals surface area contributed by atoms with Gasteiger partial charge in [0, 0.05) is 28.9 Å². The van der Waals surface area contributed by atoms with Crippen LogP contribution >= 0.6 is 11.6 Å². The zero-order valence-corrected chi connectivity index (χ0v) is 15.3. The maximum Gasteiger partial charge on any atom is 0.253 e. The van der Waals surface area contributed by atoms with Gasteiger partial charge < -0.3 is 15.0 Å². The molecule has 6 heteroatoms. The van der Waals surface area contributed by atoms with Crippen molar-refractivity contribution < 1.29 is 14.3 Å². The molecule has 3 rings (SSSR count). The van der Waals surface area contributed by atoms with E-state index in [1.54, 1.807) is 4.90 Å². The Morgan fingerprint density at radius 3 is 2.54 bits per heavy atom. The molecule has 26 heavy (non-hydrogen) atoms. The summed E-state index contributed by atoms with van der Waals surface area (Å²) in [4.78, 5) is 26.0. The largest absolute Gasteiger partial charge is 0.370 e. The monoisotopic (exact) mass is 372 g/mol. The van der Waals surface area contributed by atoms with Crippen molar-refractivity contribution in [3.05, 3.63) is 59.1 Å². The predicted molar refractivity (Wildman–Crippen MR) is 103 cm³/mol. The van der Waals surface area contributed by atoms with Crippen molar-refractivity contribution in [1.29, 1.82) is 0 Å². The molecule has 0 radical (unpaired) electrons. The van der Waals surface area contributed by atoms with Crippen molar-refractivity contribution in [1.82, 2.24) is 0 Å². The summed E-state index contributed by atoms with van der Waals surface area (Å²) < 4.78 is 5.14. The molecule has 2 aromatic carbocycles. The van der Waals surface area contributed by atoms with Crippen LogP contribution < -0.4 is 10.2 Å². The van der Waals surface area contributed by atoms with Crippen molar-refractivity contribution in [2.75, 3.05) is 30.0 Å². The van der Waals surface area contributed by atoms with Crippen molar-refractivity contribution in [3.8, 4) is 0 Å². The maximum atomic E-state index is 12.4. The first kappa shape index (κ1) is 18.4. The summed E-state index contributed by atoms with van der Waals surface area (Å²) in [5.41, 5.74) is 2.59. The van der Waals surface area contributed by atoms with Crippen LogP contribution in [0.1, 0.15) is 12.5 Å². The van der Waals surface area contributed by atoms with E-state index >= 15 is 0 Å². The smallest absolute Gasteiger partial charge is 0.253 e. The fourth-order valence-corrected chi connectivity index (χ4v) is 2.97. The van der Waals surface area contributed by atoms with Crippen LogP contribution in [0.2, 0.25) is 5.02 Å². The summed E-state index contributed by atoms with van der Waals surface area (Å²) in [7, 11) is 0. The molecule has 0 aliphatic carbocycles. The van der Waals surface area contributed by atoms with Crippen molar-refractivity contribution >= 4 is 34.8 Å². The van der Waals surface area contributed by atoms with E-state index in [0.29, 0.717) is 30.3 Å². The number of carbonyl (C=O) groups excluding carboxylic acids is 2. The molecule has 0 saturated carbocycles. The Balaban J connectivity index is 1.58. The second kappa shape index (κ2) is 8.34. The predicted octanol–water partition coefficient (Wildman–Crippen LogP) is 3.52. The molecule has 0 spiro atoms. The van der Waals surface area contributed by atoms with E-state index in [2.05, 4.69) is 5.32 Å². The Bertz CT molecular complexity index is 775. The van der Waals surface area contributed by atoms with E-state index in [1.807, 2.05) is 55.5 Å². The number of hydrogen-bond acceptors (Lipinski definition) is 3.